The van der Waals surface area contributed by atoms with Gasteiger partial charge in [-0.15, -0.1) is 0 Å². The number of ether oxygens (including phenoxy) is 1. The van der Waals surface area contributed by atoms with Gasteiger partial charge in [-0.25, -0.2) is 0 Å². The SMILES string of the molecule is COc1cc(C2c3c([nH][nH]c3=O)CC(C)(O)C2C(=O)Nc2ccccc2)ccc1O. The third kappa shape index (κ3) is 3.35. The molecule has 8 nitrogen and oxygen atoms in total. The number of aromatic nitrogens is 2. The van der Waals surface area contributed by atoms with Crippen molar-refractivity contribution in [3.8, 4) is 11.5 Å². The fourth-order valence-corrected chi connectivity index (χ4v) is 4.29. The van der Waals surface area contributed by atoms with E-state index >= 15 is 0 Å². The number of anilines is 1. The van der Waals surface area contributed by atoms with Gasteiger partial charge in [-0.05, 0) is 36.8 Å². The zero-order valence-corrected chi connectivity index (χ0v) is 16.6. The molecule has 1 aliphatic rings. The Balaban J connectivity index is 1.86. The summed E-state index contributed by atoms with van der Waals surface area (Å²) in [7, 11) is 1.42. The Hall–Kier alpha value is -3.52. The minimum Gasteiger partial charge on any atom is -0.504 e. The third-order valence-electron chi connectivity index (χ3n) is 5.63. The minimum absolute atomic E-state index is 0.0580. The van der Waals surface area contributed by atoms with E-state index in [9.17, 15) is 19.8 Å². The van der Waals surface area contributed by atoms with Gasteiger partial charge in [-0.1, -0.05) is 24.3 Å². The van der Waals surface area contributed by atoms with Crippen molar-refractivity contribution in [2.75, 3.05) is 12.4 Å². The maximum absolute atomic E-state index is 13.4. The van der Waals surface area contributed by atoms with E-state index < -0.39 is 23.3 Å². The second-order valence-corrected chi connectivity index (χ2v) is 7.75. The van der Waals surface area contributed by atoms with Gasteiger partial charge in [0.15, 0.2) is 11.5 Å². The summed E-state index contributed by atoms with van der Waals surface area (Å²) in [6.07, 6.45) is 0.111. The number of carbonyl (C=O) groups is 1. The average Bonchev–Trinajstić information content (AvgIpc) is 3.07. The number of carbonyl (C=O) groups excluding carboxylic acids is 1. The lowest BCUT2D eigenvalue weighted by Gasteiger charge is -2.41. The Labute approximate surface area is 172 Å². The van der Waals surface area contributed by atoms with Gasteiger partial charge in [0.2, 0.25) is 5.91 Å². The van der Waals surface area contributed by atoms with Crippen LogP contribution in [0.4, 0.5) is 5.69 Å². The molecule has 1 aromatic heterocycles. The maximum atomic E-state index is 13.4. The van der Waals surface area contributed by atoms with E-state index in [1.807, 2.05) is 6.07 Å². The molecule has 8 heteroatoms. The van der Waals surface area contributed by atoms with Crippen LogP contribution in [-0.2, 0) is 11.2 Å². The van der Waals surface area contributed by atoms with Crippen molar-refractivity contribution in [2.45, 2.75) is 24.9 Å². The number of hydrogen-bond acceptors (Lipinski definition) is 5. The summed E-state index contributed by atoms with van der Waals surface area (Å²) < 4.78 is 5.21. The number of para-hydroxylation sites is 1. The first-order chi connectivity index (χ1) is 14.3. The van der Waals surface area contributed by atoms with E-state index in [-0.39, 0.29) is 23.5 Å². The van der Waals surface area contributed by atoms with Crippen LogP contribution in [0.25, 0.3) is 0 Å². The monoisotopic (exact) mass is 409 g/mol. The van der Waals surface area contributed by atoms with E-state index in [2.05, 4.69) is 15.5 Å². The standard InChI is InChI=1S/C22H23N3O5/c1-22(29)11-14-18(20(27)25-24-14)17(12-8-9-15(26)16(10-12)30-2)19(22)21(28)23-13-6-4-3-5-7-13/h3-10,17,19,26,29H,11H2,1-2H3,(H,23,28)(H2,24,25,27). The summed E-state index contributed by atoms with van der Waals surface area (Å²) in [6, 6.07) is 13.6. The zero-order valence-electron chi connectivity index (χ0n) is 16.6. The number of phenolic OH excluding ortho intramolecular Hbond substituents is 1. The Morgan fingerprint density at radius 1 is 1.20 bits per heavy atom. The number of amides is 1. The van der Waals surface area contributed by atoms with Crippen LogP contribution in [0.1, 0.15) is 29.7 Å². The van der Waals surface area contributed by atoms with E-state index in [1.165, 1.54) is 13.2 Å². The number of fused-ring (bicyclic) bond motifs is 1. The summed E-state index contributed by atoms with van der Waals surface area (Å²) in [5.41, 5.74) is 0.314. The quantitative estimate of drug-likeness (QED) is 0.451. The number of methoxy groups -OCH3 is 1. The number of aromatic amines is 2. The molecule has 0 radical (unpaired) electrons. The second kappa shape index (κ2) is 7.38. The van der Waals surface area contributed by atoms with Gasteiger partial charge in [-0.3, -0.25) is 14.7 Å². The molecule has 3 aromatic rings. The molecular formula is C22H23N3O5. The third-order valence-corrected chi connectivity index (χ3v) is 5.63. The van der Waals surface area contributed by atoms with Gasteiger partial charge >= 0.3 is 0 Å². The number of phenols is 1. The highest BCUT2D eigenvalue weighted by Gasteiger charge is 2.50. The maximum Gasteiger partial charge on any atom is 0.267 e. The average molecular weight is 409 g/mol. The number of hydrogen-bond donors (Lipinski definition) is 5. The summed E-state index contributed by atoms with van der Waals surface area (Å²) in [5, 5.41) is 29.5. The predicted octanol–water partition coefficient (Wildman–Crippen LogP) is 2.11. The Morgan fingerprint density at radius 2 is 1.93 bits per heavy atom. The largest absolute Gasteiger partial charge is 0.504 e. The molecule has 1 amide bonds. The van der Waals surface area contributed by atoms with Crippen LogP contribution in [0.5, 0.6) is 11.5 Å². The molecule has 0 saturated heterocycles. The van der Waals surface area contributed by atoms with Gasteiger partial charge in [0, 0.05) is 29.3 Å². The van der Waals surface area contributed by atoms with E-state index in [4.69, 9.17) is 4.74 Å². The van der Waals surface area contributed by atoms with Crippen LogP contribution >= 0.6 is 0 Å². The van der Waals surface area contributed by atoms with Crippen LogP contribution in [0.3, 0.4) is 0 Å². The van der Waals surface area contributed by atoms with Crippen molar-refractivity contribution in [3.05, 3.63) is 75.7 Å². The fourth-order valence-electron chi connectivity index (χ4n) is 4.29. The van der Waals surface area contributed by atoms with Crippen LogP contribution in [-0.4, -0.2) is 39.0 Å². The fraction of sp³-hybridized carbons (Fsp3) is 0.273. The molecule has 1 heterocycles. The Kier molecular flexibility index (Phi) is 4.87. The number of rotatable bonds is 4. The summed E-state index contributed by atoms with van der Waals surface area (Å²) in [4.78, 5) is 26.0. The number of benzene rings is 2. The van der Waals surface area contributed by atoms with Gasteiger partial charge in [0.25, 0.3) is 5.56 Å². The Morgan fingerprint density at radius 3 is 2.63 bits per heavy atom. The molecule has 3 unspecified atom stereocenters. The van der Waals surface area contributed by atoms with E-state index in [0.717, 1.165) is 0 Å². The highest BCUT2D eigenvalue weighted by Crippen LogP contribution is 2.45. The number of nitrogens with one attached hydrogen (secondary N) is 3. The van der Waals surface area contributed by atoms with Gasteiger partial charge in [-0.2, -0.15) is 0 Å². The normalized spacial score (nSPS) is 22.9. The lowest BCUT2D eigenvalue weighted by atomic mass is 9.66. The van der Waals surface area contributed by atoms with Crippen molar-refractivity contribution in [1.82, 2.24) is 10.2 Å². The first-order valence-electron chi connectivity index (χ1n) is 9.56. The molecule has 0 fully saturated rings. The molecule has 0 aliphatic heterocycles. The predicted molar refractivity (Wildman–Crippen MR) is 111 cm³/mol. The zero-order chi connectivity index (χ0) is 21.5. The molecule has 30 heavy (non-hydrogen) atoms. The first-order valence-corrected chi connectivity index (χ1v) is 9.56. The second-order valence-electron chi connectivity index (χ2n) is 7.75. The summed E-state index contributed by atoms with van der Waals surface area (Å²) in [5.74, 6) is -1.96. The molecule has 2 aromatic carbocycles. The lowest BCUT2D eigenvalue weighted by molar-refractivity contribution is -0.130. The van der Waals surface area contributed by atoms with Crippen molar-refractivity contribution in [1.29, 1.82) is 0 Å². The van der Waals surface area contributed by atoms with Crippen molar-refractivity contribution in [2.24, 2.45) is 5.92 Å². The molecule has 156 valence electrons. The molecule has 0 bridgehead atoms. The lowest BCUT2D eigenvalue weighted by Crippen LogP contribution is -2.51. The van der Waals surface area contributed by atoms with Crippen molar-refractivity contribution < 1.29 is 19.7 Å². The summed E-state index contributed by atoms with van der Waals surface area (Å²) in [6.45, 7) is 1.58. The number of H-pyrrole nitrogens is 2. The molecule has 3 atom stereocenters. The van der Waals surface area contributed by atoms with Crippen molar-refractivity contribution >= 4 is 11.6 Å². The van der Waals surface area contributed by atoms with Gasteiger partial charge in [0.1, 0.15) is 0 Å². The first kappa shape index (κ1) is 19.8. The highest BCUT2D eigenvalue weighted by molar-refractivity contribution is 5.94. The topological polar surface area (TPSA) is 127 Å². The van der Waals surface area contributed by atoms with Crippen LogP contribution in [0.15, 0.2) is 53.3 Å². The number of aliphatic hydroxyl groups is 1. The van der Waals surface area contributed by atoms with E-state index in [1.54, 1.807) is 43.3 Å². The van der Waals surface area contributed by atoms with Crippen LogP contribution < -0.4 is 15.6 Å². The van der Waals surface area contributed by atoms with Gasteiger partial charge < -0.3 is 25.4 Å². The smallest absolute Gasteiger partial charge is 0.267 e. The molecular weight excluding hydrogens is 386 g/mol. The van der Waals surface area contributed by atoms with Gasteiger partial charge in [0.05, 0.1) is 18.6 Å². The highest BCUT2D eigenvalue weighted by atomic mass is 16.5. The minimum atomic E-state index is -1.44. The molecule has 5 N–H and O–H groups in total. The number of aromatic hydroxyl groups is 1. The van der Waals surface area contributed by atoms with Crippen LogP contribution in [0, 0.1) is 5.92 Å². The van der Waals surface area contributed by atoms with Crippen LogP contribution in [0.2, 0.25) is 0 Å². The van der Waals surface area contributed by atoms with Crippen molar-refractivity contribution in [3.63, 3.8) is 0 Å². The Bertz CT molecular complexity index is 1130. The molecule has 0 saturated carbocycles. The summed E-state index contributed by atoms with van der Waals surface area (Å²) >= 11 is 0. The molecule has 0 spiro atoms. The molecule has 4 rings (SSSR count). The van der Waals surface area contributed by atoms with E-state index in [0.29, 0.717) is 22.5 Å². The molecule has 1 aliphatic carbocycles.